The summed E-state index contributed by atoms with van der Waals surface area (Å²) in [5.74, 6) is -0.906. The Labute approximate surface area is 168 Å². The lowest BCUT2D eigenvalue weighted by molar-refractivity contribution is -0.121. The van der Waals surface area contributed by atoms with Crippen LogP contribution in [-0.2, 0) is 9.53 Å². The van der Waals surface area contributed by atoms with Crippen molar-refractivity contribution in [1.29, 1.82) is 0 Å². The van der Waals surface area contributed by atoms with Crippen LogP contribution in [0.25, 0.3) is 0 Å². The average molecular weight is 441 g/mol. The van der Waals surface area contributed by atoms with Gasteiger partial charge in [0.25, 0.3) is 5.91 Å². The number of para-hydroxylation sites is 2. The number of hydrogen-bond acceptors (Lipinski definition) is 5. The molecule has 27 heavy (non-hydrogen) atoms. The molecule has 0 N–H and O–H groups in total. The maximum Gasteiger partial charge on any atom is 0.340 e. The zero-order valence-corrected chi connectivity index (χ0v) is 16.4. The lowest BCUT2D eigenvalue weighted by Gasteiger charge is -2.30. The fourth-order valence-corrected chi connectivity index (χ4v) is 4.19. The molecule has 1 aliphatic rings. The molecule has 3 aromatic rings. The van der Waals surface area contributed by atoms with E-state index >= 15 is 0 Å². The van der Waals surface area contributed by atoms with Crippen molar-refractivity contribution in [2.24, 2.45) is 0 Å². The number of fused-ring (bicyclic) bond motifs is 2. The second-order valence-electron chi connectivity index (χ2n) is 5.73. The largest absolute Gasteiger partial charge is 0.452 e. The van der Waals surface area contributed by atoms with Gasteiger partial charge in [-0.2, -0.15) is 0 Å². The van der Waals surface area contributed by atoms with Crippen LogP contribution >= 0.6 is 27.7 Å². The zero-order chi connectivity index (χ0) is 18.8. The summed E-state index contributed by atoms with van der Waals surface area (Å²) in [5.41, 5.74) is 1.85. The van der Waals surface area contributed by atoms with Crippen molar-refractivity contribution in [1.82, 2.24) is 4.98 Å². The summed E-state index contributed by atoms with van der Waals surface area (Å²) in [6.45, 7) is -0.362. The van der Waals surface area contributed by atoms with Gasteiger partial charge in [0.2, 0.25) is 0 Å². The molecule has 0 saturated heterocycles. The van der Waals surface area contributed by atoms with E-state index in [4.69, 9.17) is 4.74 Å². The molecule has 1 aromatic heterocycles. The number of anilines is 2. The summed E-state index contributed by atoms with van der Waals surface area (Å²) in [6.07, 6.45) is 2.97. The van der Waals surface area contributed by atoms with E-state index < -0.39 is 5.97 Å². The van der Waals surface area contributed by atoms with E-state index in [2.05, 4.69) is 20.9 Å². The van der Waals surface area contributed by atoms with E-state index in [0.29, 0.717) is 4.47 Å². The summed E-state index contributed by atoms with van der Waals surface area (Å²) >= 11 is 4.87. The molecule has 7 heteroatoms. The predicted molar refractivity (Wildman–Crippen MR) is 106 cm³/mol. The van der Waals surface area contributed by atoms with Gasteiger partial charge < -0.3 is 4.74 Å². The van der Waals surface area contributed by atoms with Gasteiger partial charge in [-0.1, -0.05) is 36.0 Å². The van der Waals surface area contributed by atoms with E-state index in [1.807, 2.05) is 48.5 Å². The number of benzene rings is 2. The van der Waals surface area contributed by atoms with Gasteiger partial charge in [-0.3, -0.25) is 14.7 Å². The summed E-state index contributed by atoms with van der Waals surface area (Å²) in [5, 5.41) is 0. The lowest BCUT2D eigenvalue weighted by Crippen LogP contribution is -2.32. The summed E-state index contributed by atoms with van der Waals surface area (Å²) in [4.78, 5) is 32.7. The van der Waals surface area contributed by atoms with Gasteiger partial charge in [-0.05, 0) is 46.3 Å². The summed E-state index contributed by atoms with van der Waals surface area (Å²) < 4.78 is 5.90. The molecule has 0 radical (unpaired) electrons. The molecular formula is C20H13BrN2O3S. The van der Waals surface area contributed by atoms with Crippen molar-refractivity contribution in [2.75, 3.05) is 11.5 Å². The standard InChI is InChI=1S/C20H13BrN2O3S/c21-14-9-13(10-22-11-14)20(25)26-12-19(24)23-15-5-1-3-7-17(15)27-18-8-4-2-6-16(18)23/h1-11H,12H2. The van der Waals surface area contributed by atoms with Gasteiger partial charge in [0.1, 0.15) is 0 Å². The zero-order valence-electron chi connectivity index (χ0n) is 14.0. The first-order valence-corrected chi connectivity index (χ1v) is 9.71. The molecule has 1 amide bonds. The van der Waals surface area contributed by atoms with Gasteiger partial charge in [-0.15, -0.1) is 0 Å². The Morgan fingerprint density at radius 2 is 1.63 bits per heavy atom. The first-order valence-electron chi connectivity index (χ1n) is 8.10. The van der Waals surface area contributed by atoms with Crippen LogP contribution in [0.3, 0.4) is 0 Å². The minimum absolute atomic E-state index is 0.284. The molecule has 0 spiro atoms. The fourth-order valence-electron chi connectivity index (χ4n) is 2.77. The SMILES string of the molecule is O=C(OCC(=O)N1c2ccccc2Sc2ccccc21)c1cncc(Br)c1. The summed E-state index contributed by atoms with van der Waals surface area (Å²) in [6, 6.07) is 16.9. The highest BCUT2D eigenvalue weighted by Gasteiger charge is 2.28. The molecule has 0 fully saturated rings. The smallest absolute Gasteiger partial charge is 0.340 e. The Morgan fingerprint density at radius 3 is 2.26 bits per heavy atom. The molecule has 2 aromatic carbocycles. The van der Waals surface area contributed by atoms with Gasteiger partial charge >= 0.3 is 5.97 Å². The molecule has 2 heterocycles. The number of aromatic nitrogens is 1. The molecular weight excluding hydrogens is 428 g/mol. The van der Waals surface area contributed by atoms with Crippen LogP contribution in [0.4, 0.5) is 11.4 Å². The van der Waals surface area contributed by atoms with E-state index in [-0.39, 0.29) is 18.1 Å². The van der Waals surface area contributed by atoms with Crippen molar-refractivity contribution >= 4 is 50.9 Å². The van der Waals surface area contributed by atoms with Crippen molar-refractivity contribution in [3.8, 4) is 0 Å². The van der Waals surface area contributed by atoms with Crippen LogP contribution in [0.5, 0.6) is 0 Å². The first kappa shape index (κ1) is 17.8. The molecule has 0 saturated carbocycles. The number of nitrogens with zero attached hydrogens (tertiary/aromatic N) is 2. The minimum atomic E-state index is -0.592. The van der Waals surface area contributed by atoms with E-state index in [0.717, 1.165) is 21.2 Å². The Bertz CT molecular complexity index is 995. The number of carbonyl (C=O) groups is 2. The molecule has 5 nitrogen and oxygen atoms in total. The third-order valence-electron chi connectivity index (χ3n) is 3.95. The monoisotopic (exact) mass is 440 g/mol. The first-order chi connectivity index (χ1) is 13.1. The van der Waals surface area contributed by atoms with Crippen LogP contribution in [0.15, 0.2) is 81.3 Å². The maximum atomic E-state index is 12.9. The third kappa shape index (κ3) is 3.61. The number of rotatable bonds is 3. The Balaban J connectivity index is 1.58. The Kier molecular flexibility index (Phi) is 4.96. The Morgan fingerprint density at radius 1 is 1.00 bits per heavy atom. The molecule has 1 aliphatic heterocycles. The molecule has 0 atom stereocenters. The number of halogens is 1. The average Bonchev–Trinajstić information content (AvgIpc) is 2.70. The highest BCUT2D eigenvalue weighted by Crippen LogP contribution is 2.47. The maximum absolute atomic E-state index is 12.9. The van der Waals surface area contributed by atoms with Crippen molar-refractivity contribution in [3.05, 3.63) is 77.0 Å². The van der Waals surface area contributed by atoms with Gasteiger partial charge in [0.15, 0.2) is 6.61 Å². The third-order valence-corrected chi connectivity index (χ3v) is 5.51. The van der Waals surface area contributed by atoms with Crippen LogP contribution < -0.4 is 4.90 Å². The number of ether oxygens (including phenoxy) is 1. The fraction of sp³-hybridized carbons (Fsp3) is 0.0500. The summed E-state index contributed by atoms with van der Waals surface area (Å²) in [7, 11) is 0. The van der Waals surface area contributed by atoms with Gasteiger partial charge in [-0.25, -0.2) is 4.79 Å². The molecule has 0 unspecified atom stereocenters. The second kappa shape index (κ2) is 7.54. The molecule has 134 valence electrons. The normalized spacial score (nSPS) is 12.1. The highest BCUT2D eigenvalue weighted by molar-refractivity contribution is 9.10. The van der Waals surface area contributed by atoms with Crippen molar-refractivity contribution in [2.45, 2.75) is 9.79 Å². The van der Waals surface area contributed by atoms with Crippen LogP contribution in [-0.4, -0.2) is 23.5 Å². The molecule has 4 rings (SSSR count). The number of hydrogen-bond donors (Lipinski definition) is 0. The van der Waals surface area contributed by atoms with E-state index in [1.165, 1.54) is 6.20 Å². The number of esters is 1. The highest BCUT2D eigenvalue weighted by atomic mass is 79.9. The Hall–Kier alpha value is -2.64. The van der Waals surface area contributed by atoms with Gasteiger partial charge in [0, 0.05) is 26.7 Å². The number of carbonyl (C=O) groups excluding carboxylic acids is 2. The van der Waals surface area contributed by atoms with Crippen molar-refractivity contribution in [3.63, 3.8) is 0 Å². The van der Waals surface area contributed by atoms with Crippen LogP contribution in [0.2, 0.25) is 0 Å². The lowest BCUT2D eigenvalue weighted by atomic mass is 10.2. The van der Waals surface area contributed by atoms with Gasteiger partial charge in [0.05, 0.1) is 16.9 Å². The quantitative estimate of drug-likeness (QED) is 0.545. The van der Waals surface area contributed by atoms with Crippen LogP contribution in [0.1, 0.15) is 10.4 Å². The predicted octanol–water partition coefficient (Wildman–Crippen LogP) is 4.83. The van der Waals surface area contributed by atoms with E-state index in [1.54, 1.807) is 28.9 Å². The number of amides is 1. The van der Waals surface area contributed by atoms with Crippen LogP contribution in [0, 0.1) is 0 Å². The van der Waals surface area contributed by atoms with Crippen molar-refractivity contribution < 1.29 is 14.3 Å². The second-order valence-corrected chi connectivity index (χ2v) is 7.73. The number of pyridine rings is 1. The van der Waals surface area contributed by atoms with E-state index in [9.17, 15) is 9.59 Å². The topological polar surface area (TPSA) is 59.5 Å². The molecule has 0 aliphatic carbocycles. The molecule has 0 bridgehead atoms. The minimum Gasteiger partial charge on any atom is -0.452 e.